The van der Waals surface area contributed by atoms with Gasteiger partial charge >= 0.3 is 0 Å². The van der Waals surface area contributed by atoms with Crippen LogP contribution in [0.3, 0.4) is 0 Å². The van der Waals surface area contributed by atoms with Gasteiger partial charge in [-0.3, -0.25) is 0 Å². The van der Waals surface area contributed by atoms with Gasteiger partial charge in [-0.15, -0.1) is 0 Å². The number of hydrogen-bond acceptors (Lipinski definition) is 3. The predicted octanol–water partition coefficient (Wildman–Crippen LogP) is 2.99. The van der Waals surface area contributed by atoms with E-state index in [0.717, 1.165) is 15.9 Å². The lowest BCUT2D eigenvalue weighted by Crippen LogP contribution is -2.15. The van der Waals surface area contributed by atoms with Crippen molar-refractivity contribution in [3.63, 3.8) is 0 Å². The molecule has 2 N–H and O–H groups in total. The Morgan fingerprint density at radius 3 is 2.59 bits per heavy atom. The van der Waals surface area contributed by atoms with Crippen molar-refractivity contribution in [3.05, 3.63) is 58.7 Å². The molecule has 0 aliphatic carbocycles. The molecule has 2 rings (SSSR count). The van der Waals surface area contributed by atoms with Crippen LogP contribution in [0.4, 0.5) is 5.82 Å². The molecule has 0 aliphatic heterocycles. The Bertz CT molecular complexity index is 476. The summed E-state index contributed by atoms with van der Waals surface area (Å²) in [5.41, 5.74) is 1.03. The van der Waals surface area contributed by atoms with Gasteiger partial charge in [0.1, 0.15) is 5.82 Å². The minimum atomic E-state index is -0.151. The maximum atomic E-state index is 9.43. The number of hydrogen-bond donors (Lipinski definition) is 2. The van der Waals surface area contributed by atoms with E-state index in [9.17, 15) is 5.11 Å². The van der Waals surface area contributed by atoms with Crippen molar-refractivity contribution in [2.24, 2.45) is 0 Å². The normalized spacial score (nSPS) is 12.1. The molecule has 4 heteroatoms. The molecule has 1 aromatic carbocycles. The van der Waals surface area contributed by atoms with Gasteiger partial charge in [0, 0.05) is 6.20 Å². The van der Waals surface area contributed by atoms with Gasteiger partial charge in [-0.25, -0.2) is 4.98 Å². The lowest BCUT2D eigenvalue weighted by Gasteiger charge is -2.17. The summed E-state index contributed by atoms with van der Waals surface area (Å²) in [6.07, 6.45) is 1.71. The largest absolute Gasteiger partial charge is 0.394 e. The molecule has 0 amide bonds. The minimum Gasteiger partial charge on any atom is -0.394 e. The number of rotatable bonds is 4. The predicted molar refractivity (Wildman–Crippen MR) is 71.8 cm³/mol. The van der Waals surface area contributed by atoms with Crippen LogP contribution in [0.2, 0.25) is 0 Å². The van der Waals surface area contributed by atoms with Crippen molar-refractivity contribution in [2.45, 2.75) is 6.04 Å². The van der Waals surface area contributed by atoms with E-state index in [1.54, 1.807) is 6.20 Å². The van der Waals surface area contributed by atoms with Crippen molar-refractivity contribution in [2.75, 3.05) is 11.9 Å². The number of aliphatic hydroxyl groups excluding tert-OH is 1. The lowest BCUT2D eigenvalue weighted by atomic mass is 10.1. The molecule has 0 bridgehead atoms. The summed E-state index contributed by atoms with van der Waals surface area (Å²) in [7, 11) is 0. The average Bonchev–Trinajstić information content (AvgIpc) is 2.39. The van der Waals surface area contributed by atoms with Crippen molar-refractivity contribution in [3.8, 4) is 0 Å². The molecule has 0 saturated carbocycles. The zero-order chi connectivity index (χ0) is 12.1. The number of pyridine rings is 1. The lowest BCUT2D eigenvalue weighted by molar-refractivity contribution is 0.276. The van der Waals surface area contributed by atoms with Crippen LogP contribution >= 0.6 is 15.9 Å². The van der Waals surface area contributed by atoms with E-state index < -0.39 is 0 Å². The van der Waals surface area contributed by atoms with Crippen molar-refractivity contribution in [1.29, 1.82) is 0 Å². The van der Waals surface area contributed by atoms with E-state index in [0.29, 0.717) is 0 Å². The number of aliphatic hydroxyl groups is 1. The Morgan fingerprint density at radius 2 is 1.94 bits per heavy atom. The van der Waals surface area contributed by atoms with Crippen LogP contribution in [-0.4, -0.2) is 16.7 Å². The monoisotopic (exact) mass is 292 g/mol. The molecular weight excluding hydrogens is 280 g/mol. The molecule has 0 fully saturated rings. The summed E-state index contributed by atoms with van der Waals surface area (Å²) in [5, 5.41) is 12.6. The van der Waals surface area contributed by atoms with Gasteiger partial charge in [0.05, 0.1) is 17.1 Å². The van der Waals surface area contributed by atoms with Crippen LogP contribution in [-0.2, 0) is 0 Å². The van der Waals surface area contributed by atoms with Crippen LogP contribution in [0.15, 0.2) is 53.1 Å². The first kappa shape index (κ1) is 12.1. The van der Waals surface area contributed by atoms with Crippen LogP contribution in [0, 0.1) is 0 Å². The second-order valence-corrected chi connectivity index (χ2v) is 4.48. The molecule has 2 aromatic rings. The fourth-order valence-electron chi connectivity index (χ4n) is 1.58. The number of halogens is 1. The Morgan fingerprint density at radius 1 is 1.18 bits per heavy atom. The summed E-state index contributed by atoms with van der Waals surface area (Å²) >= 11 is 3.42. The Balaban J connectivity index is 2.19. The van der Waals surface area contributed by atoms with E-state index in [2.05, 4.69) is 26.2 Å². The molecule has 0 radical (unpaired) electrons. The number of nitrogens with one attached hydrogen (secondary N) is 1. The first-order valence-electron chi connectivity index (χ1n) is 5.34. The van der Waals surface area contributed by atoms with Gasteiger partial charge < -0.3 is 10.4 Å². The third kappa shape index (κ3) is 3.05. The van der Waals surface area contributed by atoms with E-state index in [1.807, 2.05) is 42.5 Å². The third-order valence-corrected chi connectivity index (χ3v) is 3.09. The Labute approximate surface area is 109 Å². The maximum absolute atomic E-state index is 9.43. The zero-order valence-electron chi connectivity index (χ0n) is 9.18. The third-order valence-electron chi connectivity index (χ3n) is 2.45. The first-order chi connectivity index (χ1) is 8.31. The SMILES string of the molecule is OC[C@H](Nc1ncccc1Br)c1ccccc1. The summed E-state index contributed by atoms with van der Waals surface area (Å²) < 4.78 is 0.884. The van der Waals surface area contributed by atoms with Crippen LogP contribution < -0.4 is 5.32 Å². The fraction of sp³-hybridized carbons (Fsp3) is 0.154. The molecule has 88 valence electrons. The van der Waals surface area contributed by atoms with Crippen LogP contribution in [0.5, 0.6) is 0 Å². The van der Waals surface area contributed by atoms with Gasteiger partial charge in [0.2, 0.25) is 0 Å². The molecule has 17 heavy (non-hydrogen) atoms. The van der Waals surface area contributed by atoms with E-state index in [1.165, 1.54) is 0 Å². The standard InChI is InChI=1S/C13H13BrN2O/c14-11-7-4-8-15-13(11)16-12(9-17)10-5-2-1-3-6-10/h1-8,12,17H,9H2,(H,15,16)/t12-/m0/s1. The van der Waals surface area contributed by atoms with Crippen molar-refractivity contribution in [1.82, 2.24) is 4.98 Å². The van der Waals surface area contributed by atoms with E-state index >= 15 is 0 Å². The molecular formula is C13H13BrN2O. The average molecular weight is 293 g/mol. The van der Waals surface area contributed by atoms with E-state index in [-0.39, 0.29) is 12.6 Å². The molecule has 1 aromatic heterocycles. The summed E-state index contributed by atoms with van der Waals surface area (Å²) in [6, 6.07) is 13.4. The van der Waals surface area contributed by atoms with Gasteiger partial charge in [0.15, 0.2) is 0 Å². The second kappa shape index (κ2) is 5.80. The Kier molecular flexibility index (Phi) is 4.12. The number of nitrogens with zero attached hydrogens (tertiary/aromatic N) is 1. The highest BCUT2D eigenvalue weighted by molar-refractivity contribution is 9.10. The van der Waals surface area contributed by atoms with Gasteiger partial charge in [-0.2, -0.15) is 0 Å². The zero-order valence-corrected chi connectivity index (χ0v) is 10.8. The highest BCUT2D eigenvalue weighted by Crippen LogP contribution is 2.23. The first-order valence-corrected chi connectivity index (χ1v) is 6.13. The van der Waals surface area contributed by atoms with E-state index in [4.69, 9.17) is 0 Å². The van der Waals surface area contributed by atoms with Crippen LogP contribution in [0.25, 0.3) is 0 Å². The second-order valence-electron chi connectivity index (χ2n) is 3.62. The maximum Gasteiger partial charge on any atom is 0.140 e. The highest BCUT2D eigenvalue weighted by atomic mass is 79.9. The molecule has 1 atom stereocenters. The van der Waals surface area contributed by atoms with Crippen molar-refractivity contribution < 1.29 is 5.11 Å². The van der Waals surface area contributed by atoms with Gasteiger partial charge in [-0.1, -0.05) is 30.3 Å². The number of benzene rings is 1. The highest BCUT2D eigenvalue weighted by Gasteiger charge is 2.11. The molecule has 1 heterocycles. The fourth-order valence-corrected chi connectivity index (χ4v) is 1.95. The summed E-state index contributed by atoms with van der Waals surface area (Å²) in [6.45, 7) is 0.0209. The van der Waals surface area contributed by atoms with Gasteiger partial charge in [0.25, 0.3) is 0 Å². The number of anilines is 1. The van der Waals surface area contributed by atoms with Crippen molar-refractivity contribution >= 4 is 21.7 Å². The summed E-state index contributed by atoms with van der Waals surface area (Å²) in [5.74, 6) is 0.732. The quantitative estimate of drug-likeness (QED) is 0.911. The molecule has 0 saturated heterocycles. The van der Waals surface area contributed by atoms with Gasteiger partial charge in [-0.05, 0) is 33.6 Å². The molecule has 0 spiro atoms. The number of aromatic nitrogens is 1. The minimum absolute atomic E-state index is 0.0209. The summed E-state index contributed by atoms with van der Waals surface area (Å²) in [4.78, 5) is 4.22. The molecule has 3 nitrogen and oxygen atoms in total. The Hall–Kier alpha value is -1.39. The smallest absolute Gasteiger partial charge is 0.140 e. The molecule has 0 aliphatic rings. The molecule has 0 unspecified atom stereocenters. The topological polar surface area (TPSA) is 45.1 Å². The van der Waals surface area contributed by atoms with Crippen LogP contribution in [0.1, 0.15) is 11.6 Å².